The zero-order valence-corrected chi connectivity index (χ0v) is 17.5. The van der Waals surface area contributed by atoms with E-state index in [1.165, 1.54) is 11.8 Å². The Morgan fingerprint density at radius 3 is 2.60 bits per heavy atom. The van der Waals surface area contributed by atoms with Crippen LogP contribution in [0, 0.1) is 0 Å². The number of anilines is 1. The van der Waals surface area contributed by atoms with Crippen LogP contribution >= 0.6 is 23.4 Å². The minimum atomic E-state index is -0.103. The van der Waals surface area contributed by atoms with Gasteiger partial charge in [-0.1, -0.05) is 53.7 Å². The molecule has 0 atom stereocenters. The molecule has 150 valence electrons. The summed E-state index contributed by atoms with van der Waals surface area (Å²) in [6.07, 6.45) is 3.40. The quantitative estimate of drug-likeness (QED) is 0.423. The number of thioether (sulfide) groups is 1. The van der Waals surface area contributed by atoms with Gasteiger partial charge in [0.2, 0.25) is 5.91 Å². The van der Waals surface area contributed by atoms with Crippen LogP contribution in [0.25, 0.3) is 11.4 Å². The van der Waals surface area contributed by atoms with E-state index >= 15 is 0 Å². The molecule has 1 N–H and O–H groups in total. The fourth-order valence-corrected chi connectivity index (χ4v) is 3.77. The number of carbonyl (C=O) groups excluding carboxylic acids is 1. The van der Waals surface area contributed by atoms with Crippen LogP contribution in [0.1, 0.15) is 5.56 Å². The smallest absolute Gasteiger partial charge is 0.234 e. The molecule has 0 saturated heterocycles. The Balaban J connectivity index is 1.53. The van der Waals surface area contributed by atoms with E-state index in [1.807, 2.05) is 66.7 Å². The fourth-order valence-electron chi connectivity index (χ4n) is 2.82. The van der Waals surface area contributed by atoms with Crippen molar-refractivity contribution in [3.8, 4) is 11.4 Å². The first-order chi connectivity index (χ1) is 14.7. The van der Waals surface area contributed by atoms with E-state index in [1.54, 1.807) is 17.1 Å². The van der Waals surface area contributed by atoms with Crippen molar-refractivity contribution >= 4 is 35.0 Å². The molecule has 2 aromatic heterocycles. The molecule has 0 aliphatic rings. The molecule has 8 heteroatoms. The van der Waals surface area contributed by atoms with Crippen LogP contribution in [0.2, 0.25) is 5.02 Å². The van der Waals surface area contributed by atoms with Crippen LogP contribution in [0.4, 0.5) is 5.69 Å². The number of aromatic nitrogens is 4. The van der Waals surface area contributed by atoms with Gasteiger partial charge in [0.05, 0.1) is 12.3 Å². The lowest BCUT2D eigenvalue weighted by Crippen LogP contribution is -2.14. The van der Waals surface area contributed by atoms with Gasteiger partial charge in [-0.15, -0.1) is 5.10 Å². The summed E-state index contributed by atoms with van der Waals surface area (Å²) in [5, 5.41) is 8.86. The average Bonchev–Trinajstić information content (AvgIpc) is 3.16. The van der Waals surface area contributed by atoms with Crippen molar-refractivity contribution in [2.75, 3.05) is 11.1 Å². The number of amides is 1. The number of hydrogen-bond donors (Lipinski definition) is 1. The molecule has 4 rings (SSSR count). The summed E-state index contributed by atoms with van der Waals surface area (Å²) in [5.74, 6) is 0.707. The molecule has 0 saturated carbocycles. The number of nitrogens with zero attached hydrogens (tertiary/aromatic N) is 4. The SMILES string of the molecule is O=C(CSc1nc(-c2ccncc2)nn1Cc1cccc(Cl)c1)Nc1ccccc1. The predicted octanol–water partition coefficient (Wildman–Crippen LogP) is 4.77. The molecule has 0 spiro atoms. The normalized spacial score (nSPS) is 10.7. The average molecular weight is 436 g/mol. The van der Waals surface area contributed by atoms with Gasteiger partial charge in [0.1, 0.15) is 0 Å². The molecule has 0 aliphatic heterocycles. The first kappa shape index (κ1) is 20.1. The van der Waals surface area contributed by atoms with Gasteiger partial charge in [-0.3, -0.25) is 9.78 Å². The summed E-state index contributed by atoms with van der Waals surface area (Å²) in [5.41, 5.74) is 2.63. The van der Waals surface area contributed by atoms with Gasteiger partial charge in [0, 0.05) is 28.7 Å². The molecule has 4 aromatic rings. The van der Waals surface area contributed by atoms with E-state index in [-0.39, 0.29) is 11.7 Å². The standard InChI is InChI=1S/C22H18ClN5OS/c23-18-6-4-5-16(13-18)14-28-22(26-21(27-28)17-9-11-24-12-10-17)30-15-20(29)25-19-7-2-1-3-8-19/h1-13H,14-15H2,(H,25,29). The van der Waals surface area contributed by atoms with E-state index in [0.29, 0.717) is 22.5 Å². The zero-order valence-electron chi connectivity index (χ0n) is 15.9. The predicted molar refractivity (Wildman–Crippen MR) is 120 cm³/mol. The van der Waals surface area contributed by atoms with Crippen molar-refractivity contribution in [3.63, 3.8) is 0 Å². The van der Waals surface area contributed by atoms with Gasteiger partial charge in [-0.25, -0.2) is 9.67 Å². The second-order valence-corrected chi connectivity index (χ2v) is 7.82. The highest BCUT2D eigenvalue weighted by Crippen LogP contribution is 2.23. The van der Waals surface area contributed by atoms with Crippen LogP contribution in [0.5, 0.6) is 0 Å². The number of rotatable bonds is 7. The Hall–Kier alpha value is -3.16. The van der Waals surface area contributed by atoms with Crippen molar-refractivity contribution in [2.24, 2.45) is 0 Å². The van der Waals surface area contributed by atoms with Crippen LogP contribution < -0.4 is 5.32 Å². The van der Waals surface area contributed by atoms with Crippen LogP contribution in [0.15, 0.2) is 84.3 Å². The van der Waals surface area contributed by atoms with Crippen molar-refractivity contribution in [3.05, 3.63) is 89.7 Å². The van der Waals surface area contributed by atoms with Gasteiger partial charge < -0.3 is 5.32 Å². The monoisotopic (exact) mass is 435 g/mol. The highest BCUT2D eigenvalue weighted by Gasteiger charge is 2.15. The van der Waals surface area contributed by atoms with Crippen LogP contribution in [-0.2, 0) is 11.3 Å². The molecule has 0 bridgehead atoms. The maximum absolute atomic E-state index is 12.4. The third-order valence-electron chi connectivity index (χ3n) is 4.19. The number of carbonyl (C=O) groups is 1. The summed E-state index contributed by atoms with van der Waals surface area (Å²) in [6.45, 7) is 0.501. The summed E-state index contributed by atoms with van der Waals surface area (Å²) in [6, 6.07) is 20.7. The molecular weight excluding hydrogens is 418 g/mol. The zero-order chi connectivity index (χ0) is 20.8. The van der Waals surface area contributed by atoms with Crippen molar-refractivity contribution in [2.45, 2.75) is 11.7 Å². The van der Waals surface area contributed by atoms with Gasteiger partial charge in [0.25, 0.3) is 0 Å². The molecule has 6 nitrogen and oxygen atoms in total. The lowest BCUT2D eigenvalue weighted by atomic mass is 10.2. The number of para-hydroxylation sites is 1. The van der Waals surface area contributed by atoms with Crippen molar-refractivity contribution < 1.29 is 4.79 Å². The topological polar surface area (TPSA) is 72.7 Å². The van der Waals surface area contributed by atoms with Gasteiger partial charge in [0.15, 0.2) is 11.0 Å². The fraction of sp³-hybridized carbons (Fsp3) is 0.0909. The number of benzene rings is 2. The maximum atomic E-state index is 12.4. The molecule has 0 radical (unpaired) electrons. The highest BCUT2D eigenvalue weighted by molar-refractivity contribution is 7.99. The highest BCUT2D eigenvalue weighted by atomic mass is 35.5. The second kappa shape index (κ2) is 9.56. The molecular formula is C22H18ClN5OS. The molecule has 0 aliphatic carbocycles. The Labute approximate surface area is 183 Å². The summed E-state index contributed by atoms with van der Waals surface area (Å²) in [4.78, 5) is 21.1. The number of hydrogen-bond acceptors (Lipinski definition) is 5. The first-order valence-corrected chi connectivity index (χ1v) is 10.6. The summed E-state index contributed by atoms with van der Waals surface area (Å²) >= 11 is 7.46. The largest absolute Gasteiger partial charge is 0.325 e. The minimum absolute atomic E-state index is 0.103. The van der Waals surface area contributed by atoms with E-state index in [0.717, 1.165) is 16.8 Å². The maximum Gasteiger partial charge on any atom is 0.234 e. The van der Waals surface area contributed by atoms with E-state index in [9.17, 15) is 4.79 Å². The first-order valence-electron chi connectivity index (χ1n) is 9.25. The Morgan fingerprint density at radius 2 is 1.83 bits per heavy atom. The summed E-state index contributed by atoms with van der Waals surface area (Å²) < 4.78 is 1.79. The molecule has 30 heavy (non-hydrogen) atoms. The molecule has 1 amide bonds. The van der Waals surface area contributed by atoms with Gasteiger partial charge >= 0.3 is 0 Å². The third-order valence-corrected chi connectivity index (χ3v) is 5.39. The lowest BCUT2D eigenvalue weighted by molar-refractivity contribution is -0.113. The second-order valence-electron chi connectivity index (χ2n) is 6.44. The Kier molecular flexibility index (Phi) is 6.41. The molecule has 2 heterocycles. The minimum Gasteiger partial charge on any atom is -0.325 e. The molecule has 2 aromatic carbocycles. The summed E-state index contributed by atoms with van der Waals surface area (Å²) in [7, 11) is 0. The lowest BCUT2D eigenvalue weighted by Gasteiger charge is -2.07. The number of halogens is 1. The molecule has 0 unspecified atom stereocenters. The third kappa shape index (κ3) is 5.25. The van der Waals surface area contributed by atoms with Crippen LogP contribution in [-0.4, -0.2) is 31.4 Å². The molecule has 0 fully saturated rings. The van der Waals surface area contributed by atoms with Crippen molar-refractivity contribution in [1.82, 2.24) is 19.7 Å². The Bertz CT molecular complexity index is 1130. The number of nitrogens with one attached hydrogen (secondary N) is 1. The van der Waals surface area contributed by atoms with E-state index in [2.05, 4.69) is 20.4 Å². The van der Waals surface area contributed by atoms with E-state index in [4.69, 9.17) is 11.6 Å². The van der Waals surface area contributed by atoms with Crippen molar-refractivity contribution in [1.29, 1.82) is 0 Å². The van der Waals surface area contributed by atoms with E-state index < -0.39 is 0 Å². The Morgan fingerprint density at radius 1 is 1.03 bits per heavy atom. The van der Waals surface area contributed by atoms with Gasteiger partial charge in [-0.2, -0.15) is 0 Å². The number of pyridine rings is 1. The van der Waals surface area contributed by atoms with Gasteiger partial charge in [-0.05, 0) is 42.0 Å². The van der Waals surface area contributed by atoms with Crippen LogP contribution in [0.3, 0.4) is 0 Å².